The molecule has 1 aliphatic carbocycles. The van der Waals surface area contributed by atoms with Crippen molar-refractivity contribution < 1.29 is 18.3 Å². The first kappa shape index (κ1) is 18.4. The fourth-order valence-corrected chi connectivity index (χ4v) is 2.56. The van der Waals surface area contributed by atoms with Crippen LogP contribution < -0.4 is 10.6 Å². The smallest absolute Gasteiger partial charge is 0.225 e. The third-order valence-electron chi connectivity index (χ3n) is 4.32. The summed E-state index contributed by atoms with van der Waals surface area (Å²) in [7, 11) is 0. The zero-order valence-corrected chi connectivity index (χ0v) is 14.6. The molecule has 3 N–H and O–H groups in total. The van der Waals surface area contributed by atoms with E-state index in [1.54, 1.807) is 6.07 Å². The summed E-state index contributed by atoms with van der Waals surface area (Å²) >= 11 is 0. The second kappa shape index (κ2) is 7.49. The van der Waals surface area contributed by atoms with E-state index in [1.165, 1.54) is 0 Å². The van der Waals surface area contributed by atoms with Gasteiger partial charge in [0, 0.05) is 24.1 Å². The first-order chi connectivity index (χ1) is 12.4. The molecule has 0 spiro atoms. The van der Waals surface area contributed by atoms with Crippen LogP contribution in [0.3, 0.4) is 0 Å². The Morgan fingerprint density at radius 2 is 1.77 bits per heavy atom. The lowest BCUT2D eigenvalue weighted by molar-refractivity contribution is 0.248. The Morgan fingerprint density at radius 1 is 1.12 bits per heavy atom. The van der Waals surface area contributed by atoms with Gasteiger partial charge in [-0.15, -0.1) is 0 Å². The van der Waals surface area contributed by atoms with Crippen LogP contribution in [0.15, 0.2) is 18.2 Å². The molecule has 26 heavy (non-hydrogen) atoms. The third-order valence-corrected chi connectivity index (χ3v) is 4.32. The first-order valence-corrected chi connectivity index (χ1v) is 8.55. The summed E-state index contributed by atoms with van der Waals surface area (Å²) in [6.45, 7) is 3.79. The number of rotatable bonds is 7. The maximum absolute atomic E-state index is 13.9. The second-order valence-corrected chi connectivity index (χ2v) is 6.82. The van der Waals surface area contributed by atoms with Crippen LogP contribution in [0.4, 0.5) is 30.6 Å². The molecule has 5 nitrogen and oxygen atoms in total. The largest absolute Gasteiger partial charge is 0.394 e. The topological polar surface area (TPSA) is 70.1 Å². The monoisotopic (exact) mass is 366 g/mol. The second-order valence-electron chi connectivity index (χ2n) is 6.82. The Balaban J connectivity index is 1.91. The average molecular weight is 366 g/mol. The van der Waals surface area contributed by atoms with E-state index < -0.39 is 23.1 Å². The molecule has 1 saturated carbocycles. The SMILES string of the molecule is CC(C)[C@H](CO)Nc1nc(Nc2c(F)cc(F)cc2F)cc(C2CC2)n1. The van der Waals surface area contributed by atoms with Crippen LogP contribution in [0, 0.1) is 23.4 Å². The van der Waals surface area contributed by atoms with Gasteiger partial charge in [-0.2, -0.15) is 4.98 Å². The minimum absolute atomic E-state index is 0.0985. The number of halogens is 3. The molecule has 140 valence electrons. The number of aliphatic hydroxyl groups excluding tert-OH is 1. The number of aromatic nitrogens is 2. The van der Waals surface area contributed by atoms with Crippen LogP contribution in [0.2, 0.25) is 0 Å². The average Bonchev–Trinajstić information content (AvgIpc) is 3.40. The minimum atomic E-state index is -1.04. The highest BCUT2D eigenvalue weighted by molar-refractivity contribution is 5.59. The highest BCUT2D eigenvalue weighted by Gasteiger charge is 2.27. The molecule has 0 amide bonds. The molecule has 3 rings (SSSR count). The normalized spacial score (nSPS) is 15.2. The molecule has 1 fully saturated rings. The lowest BCUT2D eigenvalue weighted by Gasteiger charge is -2.20. The van der Waals surface area contributed by atoms with Crippen LogP contribution in [0.1, 0.15) is 38.3 Å². The van der Waals surface area contributed by atoms with Gasteiger partial charge in [-0.3, -0.25) is 0 Å². The quantitative estimate of drug-likeness (QED) is 0.692. The molecule has 0 unspecified atom stereocenters. The fourth-order valence-electron chi connectivity index (χ4n) is 2.56. The van der Waals surface area contributed by atoms with E-state index in [2.05, 4.69) is 20.6 Å². The molecule has 0 radical (unpaired) electrons. The van der Waals surface area contributed by atoms with Gasteiger partial charge in [0.15, 0.2) is 11.6 Å². The lowest BCUT2D eigenvalue weighted by Crippen LogP contribution is -2.30. The molecule has 2 aromatic rings. The number of hydrogen-bond donors (Lipinski definition) is 3. The van der Waals surface area contributed by atoms with Crippen molar-refractivity contribution in [3.8, 4) is 0 Å². The summed E-state index contributed by atoms with van der Waals surface area (Å²) in [5, 5.41) is 15.1. The zero-order chi connectivity index (χ0) is 18.8. The van der Waals surface area contributed by atoms with Crippen LogP contribution in [0.25, 0.3) is 0 Å². The summed E-state index contributed by atoms with van der Waals surface area (Å²) in [5.74, 6) is -2.18. The van der Waals surface area contributed by atoms with Gasteiger partial charge in [-0.05, 0) is 18.8 Å². The molecule has 1 atom stereocenters. The van der Waals surface area contributed by atoms with E-state index in [4.69, 9.17) is 0 Å². The predicted molar refractivity (Wildman–Crippen MR) is 92.9 cm³/mol. The molecule has 1 aliphatic rings. The van der Waals surface area contributed by atoms with Crippen molar-refractivity contribution in [2.24, 2.45) is 5.92 Å². The summed E-state index contributed by atoms with van der Waals surface area (Å²) < 4.78 is 40.9. The molecule has 0 bridgehead atoms. The standard InChI is InChI=1S/C18H21F3N4O/c1-9(2)15(8-26)23-18-22-14(10-3-4-10)7-16(25-18)24-17-12(20)5-11(19)6-13(17)21/h5-7,9-10,15,26H,3-4,8H2,1-2H3,(H2,22,23,24,25)/t15-/m0/s1. The van der Waals surface area contributed by atoms with E-state index in [-0.39, 0.29) is 36.3 Å². The number of aliphatic hydroxyl groups is 1. The molecule has 1 aromatic carbocycles. The van der Waals surface area contributed by atoms with Crippen LogP contribution in [-0.4, -0.2) is 27.7 Å². The van der Waals surface area contributed by atoms with Gasteiger partial charge in [0.2, 0.25) is 5.95 Å². The Morgan fingerprint density at radius 3 is 2.31 bits per heavy atom. The molecule has 8 heteroatoms. The first-order valence-electron chi connectivity index (χ1n) is 8.55. The van der Waals surface area contributed by atoms with Gasteiger partial charge >= 0.3 is 0 Å². The molecular weight excluding hydrogens is 345 g/mol. The predicted octanol–water partition coefficient (Wildman–Crippen LogP) is 3.94. The van der Waals surface area contributed by atoms with Crippen molar-refractivity contribution in [3.63, 3.8) is 0 Å². The van der Waals surface area contributed by atoms with Gasteiger partial charge in [-0.25, -0.2) is 18.2 Å². The summed E-state index contributed by atoms with van der Waals surface area (Å²) in [6, 6.07) is 2.59. The van der Waals surface area contributed by atoms with Crippen molar-refractivity contribution in [2.75, 3.05) is 17.2 Å². The zero-order valence-electron chi connectivity index (χ0n) is 14.6. The Hall–Kier alpha value is -2.35. The highest BCUT2D eigenvalue weighted by atomic mass is 19.1. The maximum Gasteiger partial charge on any atom is 0.225 e. The lowest BCUT2D eigenvalue weighted by atomic mass is 10.1. The maximum atomic E-state index is 13.9. The van der Waals surface area contributed by atoms with Gasteiger partial charge in [-0.1, -0.05) is 13.8 Å². The third kappa shape index (κ3) is 4.24. The highest BCUT2D eigenvalue weighted by Crippen LogP contribution is 2.40. The number of nitrogens with one attached hydrogen (secondary N) is 2. The molecular formula is C18H21F3N4O. The minimum Gasteiger partial charge on any atom is -0.394 e. The van der Waals surface area contributed by atoms with Gasteiger partial charge in [0.05, 0.1) is 18.3 Å². The van der Waals surface area contributed by atoms with Crippen LogP contribution in [0.5, 0.6) is 0 Å². The van der Waals surface area contributed by atoms with Gasteiger partial charge in [0.1, 0.15) is 17.3 Å². The van der Waals surface area contributed by atoms with E-state index >= 15 is 0 Å². The number of benzene rings is 1. The van der Waals surface area contributed by atoms with Crippen molar-refractivity contribution in [3.05, 3.63) is 41.3 Å². The van der Waals surface area contributed by atoms with Crippen LogP contribution >= 0.6 is 0 Å². The van der Waals surface area contributed by atoms with E-state index in [9.17, 15) is 18.3 Å². The number of anilines is 3. The fraction of sp³-hybridized carbons (Fsp3) is 0.444. The number of nitrogens with zero attached hydrogens (tertiary/aromatic N) is 2. The summed E-state index contributed by atoms with van der Waals surface area (Å²) in [6.07, 6.45) is 1.98. The van der Waals surface area contributed by atoms with Crippen LogP contribution in [-0.2, 0) is 0 Å². The van der Waals surface area contributed by atoms with Crippen molar-refractivity contribution in [2.45, 2.75) is 38.6 Å². The van der Waals surface area contributed by atoms with Crippen molar-refractivity contribution in [1.29, 1.82) is 0 Å². The van der Waals surface area contributed by atoms with Crippen molar-refractivity contribution >= 4 is 17.5 Å². The van der Waals surface area contributed by atoms with Gasteiger partial charge in [0.25, 0.3) is 0 Å². The van der Waals surface area contributed by atoms with Gasteiger partial charge < -0.3 is 15.7 Å². The Labute approximate surface area is 149 Å². The summed E-state index contributed by atoms with van der Waals surface area (Å²) in [4.78, 5) is 8.69. The van der Waals surface area contributed by atoms with E-state index in [1.807, 2.05) is 13.8 Å². The Bertz CT molecular complexity index is 773. The number of hydrogen-bond acceptors (Lipinski definition) is 5. The molecule has 0 saturated heterocycles. The van der Waals surface area contributed by atoms with E-state index in [0.29, 0.717) is 12.1 Å². The van der Waals surface area contributed by atoms with Crippen molar-refractivity contribution in [1.82, 2.24) is 9.97 Å². The molecule has 1 aromatic heterocycles. The molecule has 0 aliphatic heterocycles. The van der Waals surface area contributed by atoms with E-state index in [0.717, 1.165) is 18.5 Å². The molecule has 1 heterocycles. The Kier molecular flexibility index (Phi) is 5.31. The summed E-state index contributed by atoms with van der Waals surface area (Å²) in [5.41, 5.74) is 0.286.